The number of nitrogens with one attached hydrogen (secondary N) is 2. The number of hydrogen-bond acceptors (Lipinski definition) is 3. The third-order valence-corrected chi connectivity index (χ3v) is 1.86. The summed E-state index contributed by atoms with van der Waals surface area (Å²) in [4.78, 5) is 11.4. The third-order valence-electron chi connectivity index (χ3n) is 1.86. The Morgan fingerprint density at radius 3 is 2.67 bits per heavy atom. The fourth-order valence-electron chi connectivity index (χ4n) is 1.25. The number of carbonyl (C=O) groups is 1. The molecule has 1 unspecified atom stereocenters. The third kappa shape index (κ3) is 5.59. The standard InChI is InChI=1S/C10H20N2O3/c1-10(2,3)12-9(13)11-6-8-7-14-4-5-15-8/h8H,4-7H2,1-3H3,(H2,11,12,13). The predicted octanol–water partition coefficient (Wildman–Crippen LogP) is 0.500. The lowest BCUT2D eigenvalue weighted by atomic mass is 10.1. The van der Waals surface area contributed by atoms with Crippen molar-refractivity contribution in [2.24, 2.45) is 0 Å². The number of hydrogen-bond donors (Lipinski definition) is 2. The first kappa shape index (κ1) is 12.3. The van der Waals surface area contributed by atoms with Crippen LogP contribution in [0.15, 0.2) is 0 Å². The Bertz CT molecular complexity index is 207. The minimum atomic E-state index is -0.214. The molecule has 1 heterocycles. The van der Waals surface area contributed by atoms with Crippen LogP contribution in [0.4, 0.5) is 4.79 Å². The van der Waals surface area contributed by atoms with Gasteiger partial charge >= 0.3 is 6.03 Å². The molecular formula is C10H20N2O3. The van der Waals surface area contributed by atoms with Crippen LogP contribution in [-0.2, 0) is 9.47 Å². The van der Waals surface area contributed by atoms with Crippen LogP contribution in [0.25, 0.3) is 0 Å². The van der Waals surface area contributed by atoms with E-state index in [0.29, 0.717) is 26.4 Å². The number of amides is 2. The highest BCUT2D eigenvalue weighted by atomic mass is 16.6. The summed E-state index contributed by atoms with van der Waals surface area (Å²) >= 11 is 0. The van der Waals surface area contributed by atoms with Crippen LogP contribution in [0.5, 0.6) is 0 Å². The van der Waals surface area contributed by atoms with Gasteiger partial charge in [-0.25, -0.2) is 4.79 Å². The highest BCUT2D eigenvalue weighted by Crippen LogP contribution is 2.00. The van der Waals surface area contributed by atoms with Crippen molar-refractivity contribution < 1.29 is 14.3 Å². The quantitative estimate of drug-likeness (QED) is 0.706. The van der Waals surface area contributed by atoms with Crippen molar-refractivity contribution in [2.45, 2.75) is 32.4 Å². The smallest absolute Gasteiger partial charge is 0.315 e. The van der Waals surface area contributed by atoms with Gasteiger partial charge in [0.05, 0.1) is 25.9 Å². The summed E-state index contributed by atoms with van der Waals surface area (Å²) in [6, 6.07) is -0.170. The number of rotatable bonds is 2. The Labute approximate surface area is 90.5 Å². The molecule has 1 atom stereocenters. The summed E-state index contributed by atoms with van der Waals surface area (Å²) in [6.07, 6.45) is -0.0236. The zero-order valence-corrected chi connectivity index (χ0v) is 9.63. The molecule has 0 aliphatic carbocycles. The van der Waals surface area contributed by atoms with Crippen LogP contribution in [-0.4, -0.2) is 44.0 Å². The van der Waals surface area contributed by atoms with E-state index in [0.717, 1.165) is 0 Å². The van der Waals surface area contributed by atoms with E-state index >= 15 is 0 Å². The molecular weight excluding hydrogens is 196 g/mol. The van der Waals surface area contributed by atoms with Gasteiger partial charge < -0.3 is 20.1 Å². The van der Waals surface area contributed by atoms with Gasteiger partial charge in [0.1, 0.15) is 0 Å². The molecule has 1 saturated heterocycles. The average Bonchev–Trinajstić information content (AvgIpc) is 2.14. The molecule has 15 heavy (non-hydrogen) atoms. The number of urea groups is 1. The van der Waals surface area contributed by atoms with Gasteiger partial charge in [-0.05, 0) is 20.8 Å². The minimum absolute atomic E-state index is 0.0236. The van der Waals surface area contributed by atoms with Crippen LogP contribution in [0.2, 0.25) is 0 Å². The molecule has 88 valence electrons. The fraction of sp³-hybridized carbons (Fsp3) is 0.900. The van der Waals surface area contributed by atoms with E-state index < -0.39 is 0 Å². The summed E-state index contributed by atoms with van der Waals surface area (Å²) in [7, 11) is 0. The van der Waals surface area contributed by atoms with E-state index in [1.165, 1.54) is 0 Å². The van der Waals surface area contributed by atoms with E-state index in [9.17, 15) is 4.79 Å². The second-order valence-corrected chi connectivity index (χ2v) is 4.65. The summed E-state index contributed by atoms with van der Waals surface area (Å²) in [5.41, 5.74) is -0.214. The topological polar surface area (TPSA) is 59.6 Å². The molecule has 2 amide bonds. The van der Waals surface area contributed by atoms with Crippen LogP contribution in [0.1, 0.15) is 20.8 Å². The lowest BCUT2D eigenvalue weighted by molar-refractivity contribution is -0.0854. The lowest BCUT2D eigenvalue weighted by Gasteiger charge is -2.25. The van der Waals surface area contributed by atoms with Gasteiger partial charge in [0.25, 0.3) is 0 Å². The summed E-state index contributed by atoms with van der Waals surface area (Å²) < 4.78 is 10.6. The highest BCUT2D eigenvalue weighted by molar-refractivity contribution is 5.74. The van der Waals surface area contributed by atoms with Crippen molar-refractivity contribution in [1.29, 1.82) is 0 Å². The van der Waals surface area contributed by atoms with Crippen LogP contribution >= 0.6 is 0 Å². The first-order valence-corrected chi connectivity index (χ1v) is 5.23. The molecule has 1 rings (SSSR count). The van der Waals surface area contributed by atoms with Gasteiger partial charge in [-0.15, -0.1) is 0 Å². The lowest BCUT2D eigenvalue weighted by Crippen LogP contribution is -2.49. The van der Waals surface area contributed by atoms with Gasteiger partial charge in [-0.1, -0.05) is 0 Å². The molecule has 0 aromatic rings. The minimum Gasteiger partial charge on any atom is -0.376 e. The monoisotopic (exact) mass is 216 g/mol. The Kier molecular flexibility index (Phi) is 4.35. The van der Waals surface area contributed by atoms with Crippen molar-refractivity contribution in [1.82, 2.24) is 10.6 Å². The molecule has 0 aromatic carbocycles. The van der Waals surface area contributed by atoms with Gasteiger partial charge in [0.2, 0.25) is 0 Å². The van der Waals surface area contributed by atoms with Crippen molar-refractivity contribution in [3.8, 4) is 0 Å². The Morgan fingerprint density at radius 2 is 2.13 bits per heavy atom. The van der Waals surface area contributed by atoms with Crippen molar-refractivity contribution >= 4 is 6.03 Å². The second-order valence-electron chi connectivity index (χ2n) is 4.65. The Balaban J connectivity index is 2.15. The van der Waals surface area contributed by atoms with E-state index in [1.807, 2.05) is 20.8 Å². The molecule has 1 fully saturated rings. The van der Waals surface area contributed by atoms with Crippen LogP contribution in [0, 0.1) is 0 Å². The Morgan fingerprint density at radius 1 is 1.40 bits per heavy atom. The summed E-state index contributed by atoms with van der Waals surface area (Å²) in [5.74, 6) is 0. The second kappa shape index (κ2) is 5.32. The molecule has 5 nitrogen and oxygen atoms in total. The molecule has 2 N–H and O–H groups in total. The average molecular weight is 216 g/mol. The molecule has 1 aliphatic heterocycles. The highest BCUT2D eigenvalue weighted by Gasteiger charge is 2.17. The van der Waals surface area contributed by atoms with E-state index in [4.69, 9.17) is 9.47 Å². The molecule has 0 aromatic heterocycles. The van der Waals surface area contributed by atoms with E-state index in [-0.39, 0.29) is 17.7 Å². The maximum atomic E-state index is 11.4. The van der Waals surface area contributed by atoms with E-state index in [2.05, 4.69) is 10.6 Å². The van der Waals surface area contributed by atoms with Gasteiger partial charge in [-0.3, -0.25) is 0 Å². The van der Waals surface area contributed by atoms with Crippen LogP contribution in [0.3, 0.4) is 0 Å². The molecule has 5 heteroatoms. The molecule has 0 bridgehead atoms. The normalized spacial score (nSPS) is 22.2. The van der Waals surface area contributed by atoms with Crippen molar-refractivity contribution in [3.63, 3.8) is 0 Å². The van der Waals surface area contributed by atoms with Crippen molar-refractivity contribution in [2.75, 3.05) is 26.4 Å². The maximum Gasteiger partial charge on any atom is 0.315 e. The molecule has 0 radical (unpaired) electrons. The zero-order chi connectivity index (χ0) is 11.3. The van der Waals surface area contributed by atoms with Gasteiger partial charge in [0.15, 0.2) is 0 Å². The van der Waals surface area contributed by atoms with E-state index in [1.54, 1.807) is 0 Å². The Hall–Kier alpha value is -0.810. The zero-order valence-electron chi connectivity index (χ0n) is 9.63. The molecule has 0 saturated carbocycles. The summed E-state index contributed by atoms with van der Waals surface area (Å²) in [5, 5.41) is 5.57. The first-order chi connectivity index (χ1) is 6.97. The largest absolute Gasteiger partial charge is 0.376 e. The fourth-order valence-corrected chi connectivity index (χ4v) is 1.25. The predicted molar refractivity (Wildman–Crippen MR) is 56.8 cm³/mol. The number of ether oxygens (including phenoxy) is 2. The van der Waals surface area contributed by atoms with Gasteiger partial charge in [0, 0.05) is 12.1 Å². The molecule has 1 aliphatic rings. The van der Waals surface area contributed by atoms with Crippen LogP contribution < -0.4 is 10.6 Å². The SMILES string of the molecule is CC(C)(C)NC(=O)NCC1COCCO1. The number of carbonyl (C=O) groups excluding carboxylic acids is 1. The summed E-state index contributed by atoms with van der Waals surface area (Å²) in [6.45, 7) is 8.10. The van der Waals surface area contributed by atoms with Crippen molar-refractivity contribution in [3.05, 3.63) is 0 Å². The molecule has 0 spiro atoms. The maximum absolute atomic E-state index is 11.4. The van der Waals surface area contributed by atoms with Gasteiger partial charge in [-0.2, -0.15) is 0 Å². The first-order valence-electron chi connectivity index (χ1n) is 5.23.